The van der Waals surface area contributed by atoms with Crippen LogP contribution in [0.2, 0.25) is 0 Å². The number of aryl methyl sites for hydroxylation is 1. The predicted molar refractivity (Wildman–Crippen MR) is 101 cm³/mol. The molecule has 2 aliphatic rings. The molecule has 0 aliphatic heterocycles. The minimum atomic E-state index is 0. The van der Waals surface area contributed by atoms with Crippen LogP contribution in [0, 0.1) is 11.8 Å². The maximum atomic E-state index is 12.4. The van der Waals surface area contributed by atoms with Crippen LogP contribution < -0.4 is 11.1 Å². The van der Waals surface area contributed by atoms with Crippen LogP contribution >= 0.6 is 12.4 Å². The minimum absolute atomic E-state index is 0. The van der Waals surface area contributed by atoms with E-state index in [0.29, 0.717) is 42.2 Å². The molecular formula is C18H25ClN6O2. The van der Waals surface area contributed by atoms with Crippen molar-refractivity contribution in [1.82, 2.24) is 25.4 Å². The van der Waals surface area contributed by atoms with Gasteiger partial charge in [-0.25, -0.2) is 9.97 Å². The van der Waals surface area contributed by atoms with Gasteiger partial charge in [-0.2, -0.15) is 4.98 Å². The van der Waals surface area contributed by atoms with Crippen molar-refractivity contribution >= 4 is 18.3 Å². The van der Waals surface area contributed by atoms with Gasteiger partial charge in [0.25, 0.3) is 0 Å². The second kappa shape index (κ2) is 8.75. The fourth-order valence-corrected chi connectivity index (χ4v) is 4.37. The Balaban J connectivity index is 0.00000210. The fraction of sp³-hybridized carbons (Fsp3) is 0.611. The number of aromatic nitrogens is 4. The second-order valence-corrected chi connectivity index (χ2v) is 7.36. The van der Waals surface area contributed by atoms with Gasteiger partial charge in [0.2, 0.25) is 23.4 Å². The first-order chi connectivity index (χ1) is 12.7. The molecule has 2 saturated carbocycles. The average molecular weight is 393 g/mol. The van der Waals surface area contributed by atoms with E-state index in [1.165, 1.54) is 19.3 Å². The number of carbonyl (C=O) groups is 1. The quantitative estimate of drug-likeness (QED) is 0.797. The second-order valence-electron chi connectivity index (χ2n) is 7.36. The molecule has 2 bridgehead atoms. The molecule has 3 N–H and O–H groups in total. The zero-order valence-corrected chi connectivity index (χ0v) is 15.9. The lowest BCUT2D eigenvalue weighted by molar-refractivity contribution is -0.123. The number of nitrogens with one attached hydrogen (secondary N) is 1. The van der Waals surface area contributed by atoms with E-state index in [0.717, 1.165) is 12.8 Å². The summed E-state index contributed by atoms with van der Waals surface area (Å²) >= 11 is 0. The number of carbonyl (C=O) groups excluding carboxylic acids is 1. The molecule has 0 radical (unpaired) electrons. The van der Waals surface area contributed by atoms with Crippen molar-refractivity contribution in [3.05, 3.63) is 24.4 Å². The molecule has 8 nitrogen and oxygen atoms in total. The summed E-state index contributed by atoms with van der Waals surface area (Å²) in [5.74, 6) is 2.26. The maximum absolute atomic E-state index is 12.4. The molecule has 0 aromatic carbocycles. The van der Waals surface area contributed by atoms with Crippen LogP contribution in [-0.2, 0) is 11.2 Å². The van der Waals surface area contributed by atoms with E-state index >= 15 is 0 Å². The van der Waals surface area contributed by atoms with Gasteiger partial charge in [0.1, 0.15) is 0 Å². The first-order valence-corrected chi connectivity index (χ1v) is 9.34. The first-order valence-electron chi connectivity index (χ1n) is 9.34. The molecule has 0 saturated heterocycles. The summed E-state index contributed by atoms with van der Waals surface area (Å²) in [6.07, 6.45) is 9.61. The highest BCUT2D eigenvalue weighted by atomic mass is 35.5. The van der Waals surface area contributed by atoms with Crippen molar-refractivity contribution in [2.45, 2.75) is 57.0 Å². The molecule has 2 aromatic heterocycles. The number of nitrogens with zero attached hydrogens (tertiary/aromatic N) is 4. The SMILES string of the molecule is Cl.NC1CC2CCCC(C1)C2NC(=O)CCc1nc(-c2ncccn2)no1. The number of hydrogen-bond acceptors (Lipinski definition) is 7. The highest BCUT2D eigenvalue weighted by Gasteiger charge is 2.39. The number of hydrogen-bond donors (Lipinski definition) is 2. The predicted octanol–water partition coefficient (Wildman–Crippen LogP) is 1.90. The third-order valence-electron chi connectivity index (χ3n) is 5.50. The van der Waals surface area contributed by atoms with Gasteiger partial charge < -0.3 is 15.6 Å². The molecular weight excluding hydrogens is 368 g/mol. The molecule has 0 spiro atoms. The summed E-state index contributed by atoms with van der Waals surface area (Å²) in [7, 11) is 0. The third-order valence-corrected chi connectivity index (χ3v) is 5.50. The van der Waals surface area contributed by atoms with Gasteiger partial charge in [-0.1, -0.05) is 11.6 Å². The molecule has 4 rings (SSSR count). The van der Waals surface area contributed by atoms with Crippen molar-refractivity contribution in [1.29, 1.82) is 0 Å². The maximum Gasteiger partial charge on any atom is 0.240 e. The lowest BCUT2D eigenvalue weighted by Crippen LogP contribution is -2.53. The zero-order chi connectivity index (χ0) is 17.9. The lowest BCUT2D eigenvalue weighted by Gasteiger charge is -2.45. The summed E-state index contributed by atoms with van der Waals surface area (Å²) in [6, 6.07) is 2.28. The number of nitrogens with two attached hydrogens (primary N) is 1. The Morgan fingerprint density at radius 2 is 1.89 bits per heavy atom. The Morgan fingerprint density at radius 3 is 2.59 bits per heavy atom. The molecule has 2 heterocycles. The van der Waals surface area contributed by atoms with E-state index in [2.05, 4.69) is 25.4 Å². The molecule has 2 aromatic rings. The Kier molecular flexibility index (Phi) is 6.38. The van der Waals surface area contributed by atoms with Crippen LogP contribution in [0.5, 0.6) is 0 Å². The molecule has 9 heteroatoms. The Morgan fingerprint density at radius 1 is 1.19 bits per heavy atom. The fourth-order valence-electron chi connectivity index (χ4n) is 4.37. The number of halogens is 1. The molecule has 2 atom stereocenters. The lowest BCUT2D eigenvalue weighted by atomic mass is 9.67. The molecule has 1 amide bonds. The highest BCUT2D eigenvalue weighted by Crippen LogP contribution is 2.39. The Hall–Kier alpha value is -2.06. The summed E-state index contributed by atoms with van der Waals surface area (Å²) in [5.41, 5.74) is 6.15. The van der Waals surface area contributed by atoms with Gasteiger partial charge in [0.15, 0.2) is 0 Å². The normalized spacial score (nSPS) is 26.9. The standard InChI is InChI=1S/C18H24N6O2.ClH/c19-13-9-11-3-1-4-12(10-13)16(11)22-14(25)5-6-15-23-18(24-26-15)17-20-7-2-8-21-17;/h2,7-8,11-13,16H,1,3-6,9-10,19H2,(H,22,25);1H. The van der Waals surface area contributed by atoms with E-state index in [9.17, 15) is 4.79 Å². The van der Waals surface area contributed by atoms with Crippen LogP contribution in [0.1, 0.15) is 44.4 Å². The van der Waals surface area contributed by atoms with Gasteiger partial charge in [0.05, 0.1) is 0 Å². The van der Waals surface area contributed by atoms with Crippen LogP contribution in [0.15, 0.2) is 23.0 Å². The van der Waals surface area contributed by atoms with E-state index < -0.39 is 0 Å². The van der Waals surface area contributed by atoms with Gasteiger partial charge in [0, 0.05) is 37.3 Å². The van der Waals surface area contributed by atoms with Gasteiger partial charge in [-0.15, -0.1) is 12.4 Å². The summed E-state index contributed by atoms with van der Waals surface area (Å²) < 4.78 is 5.21. The monoisotopic (exact) mass is 392 g/mol. The molecule has 27 heavy (non-hydrogen) atoms. The van der Waals surface area contributed by atoms with Gasteiger partial charge in [-0.05, 0) is 43.6 Å². The summed E-state index contributed by atoms with van der Waals surface area (Å²) in [4.78, 5) is 24.9. The largest absolute Gasteiger partial charge is 0.353 e. The van der Waals surface area contributed by atoms with Crippen LogP contribution in [-0.4, -0.2) is 38.1 Å². The molecule has 2 aliphatic carbocycles. The van der Waals surface area contributed by atoms with Crippen molar-refractivity contribution in [2.75, 3.05) is 0 Å². The van der Waals surface area contributed by atoms with Crippen LogP contribution in [0.4, 0.5) is 0 Å². The van der Waals surface area contributed by atoms with E-state index in [1.807, 2.05) is 0 Å². The van der Waals surface area contributed by atoms with E-state index in [4.69, 9.17) is 10.3 Å². The van der Waals surface area contributed by atoms with Crippen LogP contribution in [0.25, 0.3) is 11.6 Å². The first kappa shape index (κ1) is 19.7. The third kappa shape index (κ3) is 4.62. The van der Waals surface area contributed by atoms with Crippen molar-refractivity contribution in [3.63, 3.8) is 0 Å². The summed E-state index contributed by atoms with van der Waals surface area (Å²) in [6.45, 7) is 0. The van der Waals surface area contributed by atoms with E-state index in [-0.39, 0.29) is 30.4 Å². The van der Waals surface area contributed by atoms with Crippen molar-refractivity contribution < 1.29 is 9.32 Å². The Bertz CT molecular complexity index is 741. The van der Waals surface area contributed by atoms with Gasteiger partial charge >= 0.3 is 0 Å². The zero-order valence-electron chi connectivity index (χ0n) is 15.1. The van der Waals surface area contributed by atoms with E-state index in [1.54, 1.807) is 18.5 Å². The molecule has 2 unspecified atom stereocenters. The highest BCUT2D eigenvalue weighted by molar-refractivity contribution is 5.85. The van der Waals surface area contributed by atoms with Crippen molar-refractivity contribution in [3.8, 4) is 11.6 Å². The number of rotatable bonds is 5. The molecule has 2 fully saturated rings. The topological polar surface area (TPSA) is 120 Å². The Labute approximate surface area is 164 Å². The summed E-state index contributed by atoms with van der Waals surface area (Å²) in [5, 5.41) is 7.12. The average Bonchev–Trinajstić information content (AvgIpc) is 3.11. The number of fused-ring (bicyclic) bond motifs is 2. The van der Waals surface area contributed by atoms with Crippen LogP contribution in [0.3, 0.4) is 0 Å². The van der Waals surface area contributed by atoms with Crippen molar-refractivity contribution in [2.24, 2.45) is 17.6 Å². The number of amides is 1. The van der Waals surface area contributed by atoms with Gasteiger partial charge in [-0.3, -0.25) is 4.79 Å². The smallest absolute Gasteiger partial charge is 0.240 e. The molecule has 146 valence electrons. The minimum Gasteiger partial charge on any atom is -0.353 e.